The molecule has 2 rings (SSSR count). The van der Waals surface area contributed by atoms with Gasteiger partial charge >= 0.3 is 5.97 Å². The Kier molecular flexibility index (Phi) is 5.42. The van der Waals surface area contributed by atoms with Crippen molar-refractivity contribution in [2.24, 2.45) is 0 Å². The molecule has 0 bridgehead atoms. The van der Waals surface area contributed by atoms with Gasteiger partial charge in [0.2, 0.25) is 0 Å². The summed E-state index contributed by atoms with van der Waals surface area (Å²) >= 11 is 4.97. The molecule has 0 aliphatic carbocycles. The van der Waals surface area contributed by atoms with E-state index in [2.05, 4.69) is 20.9 Å². The monoisotopic (exact) mass is 358 g/mol. The number of nitrogens with zero attached hydrogens (tertiary/aromatic N) is 2. The summed E-state index contributed by atoms with van der Waals surface area (Å²) in [5.74, 6) is 0.789. The lowest BCUT2D eigenvalue weighted by atomic mass is 10.2. The fourth-order valence-electron chi connectivity index (χ4n) is 1.96. The van der Waals surface area contributed by atoms with Gasteiger partial charge in [0.05, 0.1) is 6.61 Å². The number of amides is 1. The molecule has 1 aliphatic rings. The summed E-state index contributed by atoms with van der Waals surface area (Å²) in [6, 6.07) is 2.98. The molecule has 20 heavy (non-hydrogen) atoms. The lowest BCUT2D eigenvalue weighted by molar-refractivity contribution is -0.147. The van der Waals surface area contributed by atoms with Crippen molar-refractivity contribution in [1.82, 2.24) is 9.88 Å². The van der Waals surface area contributed by atoms with Gasteiger partial charge in [0.1, 0.15) is 11.7 Å². The maximum absolute atomic E-state index is 12.6. The van der Waals surface area contributed by atoms with E-state index in [9.17, 15) is 9.59 Å². The highest BCUT2D eigenvalue weighted by atomic mass is 79.9. The van der Waals surface area contributed by atoms with Crippen LogP contribution in [0.3, 0.4) is 0 Å². The third kappa shape index (κ3) is 3.32. The number of ether oxygens (including phenoxy) is 1. The molecule has 0 radical (unpaired) electrons. The van der Waals surface area contributed by atoms with Crippen molar-refractivity contribution in [3.63, 3.8) is 0 Å². The minimum atomic E-state index is -0.532. The third-order valence-electron chi connectivity index (χ3n) is 2.91. The summed E-state index contributed by atoms with van der Waals surface area (Å²) in [4.78, 5) is 30.2. The van der Waals surface area contributed by atoms with Crippen LogP contribution in [0.1, 0.15) is 17.4 Å². The molecule has 0 saturated carbocycles. The normalized spacial score (nSPS) is 18.7. The number of aromatic nitrogens is 1. The topological polar surface area (TPSA) is 59.5 Å². The van der Waals surface area contributed by atoms with E-state index < -0.39 is 6.04 Å². The molecule has 1 atom stereocenters. The number of hydrogen-bond donors (Lipinski definition) is 0. The zero-order valence-corrected chi connectivity index (χ0v) is 13.4. The Morgan fingerprint density at radius 3 is 3.10 bits per heavy atom. The fraction of sp³-hybridized carbons (Fsp3) is 0.462. The predicted molar refractivity (Wildman–Crippen MR) is 80.7 cm³/mol. The Morgan fingerprint density at radius 1 is 1.60 bits per heavy atom. The summed E-state index contributed by atoms with van der Waals surface area (Å²) in [6.45, 7) is 2.60. The van der Waals surface area contributed by atoms with Gasteiger partial charge < -0.3 is 9.64 Å². The standard InChI is InChI=1S/C13H15BrN2O3S/c1-2-19-13(18)10-8-20-7-6-16(10)12(17)11-9(14)4-3-5-15-11/h3-5,10H,2,6-8H2,1H3. The lowest BCUT2D eigenvalue weighted by Crippen LogP contribution is -2.51. The maximum atomic E-state index is 12.6. The van der Waals surface area contributed by atoms with Gasteiger partial charge in [-0.15, -0.1) is 0 Å². The number of thioether (sulfide) groups is 1. The van der Waals surface area contributed by atoms with Gasteiger partial charge in [-0.2, -0.15) is 11.8 Å². The highest BCUT2D eigenvalue weighted by Gasteiger charge is 2.35. The zero-order chi connectivity index (χ0) is 14.5. The number of carbonyl (C=O) groups is 2. The van der Waals surface area contributed by atoms with E-state index in [1.165, 1.54) is 0 Å². The average Bonchev–Trinajstić information content (AvgIpc) is 2.47. The number of rotatable bonds is 3. The molecule has 2 heterocycles. The van der Waals surface area contributed by atoms with E-state index in [1.807, 2.05) is 0 Å². The summed E-state index contributed by atoms with van der Waals surface area (Å²) in [6.07, 6.45) is 1.57. The van der Waals surface area contributed by atoms with Crippen LogP contribution in [-0.2, 0) is 9.53 Å². The molecule has 108 valence electrons. The summed E-state index contributed by atoms with van der Waals surface area (Å²) in [7, 11) is 0. The number of carbonyl (C=O) groups excluding carboxylic acids is 2. The molecule has 1 unspecified atom stereocenters. The second-order valence-corrected chi connectivity index (χ2v) is 6.18. The van der Waals surface area contributed by atoms with Crippen molar-refractivity contribution in [3.05, 3.63) is 28.5 Å². The fourth-order valence-corrected chi connectivity index (χ4v) is 3.42. The number of hydrogen-bond acceptors (Lipinski definition) is 5. The third-order valence-corrected chi connectivity index (χ3v) is 4.57. The van der Waals surface area contributed by atoms with E-state index in [0.29, 0.717) is 29.1 Å². The van der Waals surface area contributed by atoms with Gasteiger partial charge in [-0.05, 0) is 35.0 Å². The Bertz CT molecular complexity index is 512. The van der Waals surface area contributed by atoms with Crippen LogP contribution in [0.5, 0.6) is 0 Å². The van der Waals surface area contributed by atoms with Crippen LogP contribution in [-0.4, -0.2) is 52.5 Å². The highest BCUT2D eigenvalue weighted by molar-refractivity contribution is 9.10. The molecule has 0 N–H and O–H groups in total. The molecule has 1 aliphatic heterocycles. The zero-order valence-electron chi connectivity index (χ0n) is 11.0. The van der Waals surface area contributed by atoms with Gasteiger partial charge in [-0.3, -0.25) is 4.79 Å². The minimum absolute atomic E-state index is 0.240. The van der Waals surface area contributed by atoms with Crippen LogP contribution in [0.15, 0.2) is 22.8 Å². The molecule has 1 saturated heterocycles. The Labute approximate surface area is 130 Å². The molecule has 0 aromatic carbocycles. The van der Waals surface area contributed by atoms with Crippen molar-refractivity contribution >= 4 is 39.6 Å². The molecular formula is C13H15BrN2O3S. The van der Waals surface area contributed by atoms with Crippen LogP contribution in [0, 0.1) is 0 Å². The van der Waals surface area contributed by atoms with Crippen molar-refractivity contribution in [1.29, 1.82) is 0 Å². The van der Waals surface area contributed by atoms with Crippen LogP contribution in [0.2, 0.25) is 0 Å². The first-order valence-corrected chi connectivity index (χ1v) is 8.25. The predicted octanol–water partition coefficient (Wildman–Crippen LogP) is 1.96. The molecule has 0 spiro atoms. The Morgan fingerprint density at radius 2 is 2.40 bits per heavy atom. The summed E-state index contributed by atoms with van der Waals surface area (Å²) in [5.41, 5.74) is 0.327. The van der Waals surface area contributed by atoms with Gasteiger partial charge in [-0.25, -0.2) is 9.78 Å². The summed E-state index contributed by atoms with van der Waals surface area (Å²) in [5, 5.41) is 0. The van der Waals surface area contributed by atoms with Gasteiger partial charge in [0.25, 0.3) is 5.91 Å². The van der Waals surface area contributed by atoms with Gasteiger partial charge in [0.15, 0.2) is 0 Å². The SMILES string of the molecule is CCOC(=O)C1CSCCN1C(=O)c1ncccc1Br. The van der Waals surface area contributed by atoms with E-state index in [0.717, 1.165) is 5.75 Å². The number of halogens is 1. The highest BCUT2D eigenvalue weighted by Crippen LogP contribution is 2.22. The molecule has 1 aromatic heterocycles. The number of pyridine rings is 1. The molecule has 1 amide bonds. The van der Waals surface area contributed by atoms with E-state index in [-0.39, 0.29) is 11.9 Å². The quantitative estimate of drug-likeness (QED) is 0.773. The largest absolute Gasteiger partial charge is 0.464 e. The maximum Gasteiger partial charge on any atom is 0.329 e. The molecule has 7 heteroatoms. The van der Waals surface area contributed by atoms with Gasteiger partial charge in [0, 0.05) is 28.7 Å². The second-order valence-electron chi connectivity index (χ2n) is 4.18. The number of esters is 1. The first-order chi connectivity index (χ1) is 9.65. The van der Waals surface area contributed by atoms with Crippen molar-refractivity contribution in [2.75, 3.05) is 24.7 Å². The first kappa shape index (κ1) is 15.3. The first-order valence-electron chi connectivity index (χ1n) is 6.31. The smallest absolute Gasteiger partial charge is 0.329 e. The molecular weight excluding hydrogens is 344 g/mol. The minimum Gasteiger partial charge on any atom is -0.464 e. The van der Waals surface area contributed by atoms with E-state index in [1.54, 1.807) is 41.9 Å². The van der Waals surface area contributed by atoms with Crippen LogP contribution in [0.25, 0.3) is 0 Å². The Balaban J connectivity index is 2.22. The Hall–Kier alpha value is -1.08. The summed E-state index contributed by atoms with van der Waals surface area (Å²) < 4.78 is 5.68. The van der Waals surface area contributed by atoms with Crippen LogP contribution < -0.4 is 0 Å². The van der Waals surface area contributed by atoms with Crippen molar-refractivity contribution in [2.45, 2.75) is 13.0 Å². The molecule has 1 aromatic rings. The van der Waals surface area contributed by atoms with E-state index in [4.69, 9.17) is 4.74 Å². The van der Waals surface area contributed by atoms with E-state index >= 15 is 0 Å². The average molecular weight is 359 g/mol. The van der Waals surface area contributed by atoms with Crippen LogP contribution >= 0.6 is 27.7 Å². The lowest BCUT2D eigenvalue weighted by Gasteiger charge is -2.33. The van der Waals surface area contributed by atoms with Crippen molar-refractivity contribution in [3.8, 4) is 0 Å². The molecule has 5 nitrogen and oxygen atoms in total. The second kappa shape index (κ2) is 7.08. The van der Waals surface area contributed by atoms with Crippen molar-refractivity contribution < 1.29 is 14.3 Å². The molecule has 1 fully saturated rings. The van der Waals surface area contributed by atoms with Gasteiger partial charge in [-0.1, -0.05) is 0 Å². The van der Waals surface area contributed by atoms with Crippen LogP contribution in [0.4, 0.5) is 0 Å².